The van der Waals surface area contributed by atoms with Crippen LogP contribution in [0.15, 0.2) is 34.0 Å². The average Bonchev–Trinajstić information content (AvgIpc) is 3.06. The minimum absolute atomic E-state index is 0.0529. The van der Waals surface area contributed by atoms with Gasteiger partial charge in [0.15, 0.2) is 0 Å². The van der Waals surface area contributed by atoms with Gasteiger partial charge in [0.2, 0.25) is 5.82 Å². The molecule has 2 aliphatic rings. The zero-order chi connectivity index (χ0) is 20.8. The molecule has 0 saturated carbocycles. The van der Waals surface area contributed by atoms with Crippen LogP contribution in [-0.4, -0.2) is 33.3 Å². The van der Waals surface area contributed by atoms with E-state index >= 15 is 0 Å². The summed E-state index contributed by atoms with van der Waals surface area (Å²) in [7, 11) is -3.67. The zero-order valence-electron chi connectivity index (χ0n) is 15.2. The lowest BCUT2D eigenvalue weighted by molar-refractivity contribution is -0.0829. The van der Waals surface area contributed by atoms with Gasteiger partial charge in [-0.1, -0.05) is 6.07 Å². The normalized spacial score (nSPS) is 29.0. The molecule has 0 bridgehead atoms. The molecule has 29 heavy (non-hydrogen) atoms. The Morgan fingerprint density at radius 2 is 2.14 bits per heavy atom. The van der Waals surface area contributed by atoms with Crippen molar-refractivity contribution in [3.05, 3.63) is 68.0 Å². The molecule has 0 spiro atoms. The Kier molecular flexibility index (Phi) is 5.36. The van der Waals surface area contributed by atoms with Crippen molar-refractivity contribution in [2.75, 3.05) is 6.61 Å². The molecular weight excluding hydrogens is 413 g/mol. The third kappa shape index (κ3) is 4.16. The number of hydrogen-bond donors (Lipinski definition) is 2. The molecule has 0 aliphatic carbocycles. The predicted octanol–water partition coefficient (Wildman–Crippen LogP) is 1.71. The van der Waals surface area contributed by atoms with Gasteiger partial charge in [0.25, 0.3) is 5.56 Å². The van der Waals surface area contributed by atoms with Gasteiger partial charge in [-0.05, 0) is 30.2 Å². The number of nitrogens with one attached hydrogen (secondary N) is 1. The number of fused-ring (bicyclic) bond motifs is 1. The second kappa shape index (κ2) is 7.67. The number of H-pyrrole nitrogens is 1. The number of hydrogen-bond acceptors (Lipinski definition) is 7. The molecule has 4 atom stereocenters. The zero-order valence-corrected chi connectivity index (χ0v) is 16.1. The molecule has 1 aromatic carbocycles. The van der Waals surface area contributed by atoms with Crippen LogP contribution in [-0.2, 0) is 24.9 Å². The predicted molar refractivity (Wildman–Crippen MR) is 95.7 cm³/mol. The van der Waals surface area contributed by atoms with Gasteiger partial charge in [-0.3, -0.25) is 14.3 Å². The van der Waals surface area contributed by atoms with Gasteiger partial charge in [0.05, 0.1) is 6.20 Å². The molecule has 2 saturated heterocycles. The van der Waals surface area contributed by atoms with Crippen molar-refractivity contribution in [3.63, 3.8) is 0 Å². The second-order valence-electron chi connectivity index (χ2n) is 6.76. The molecule has 0 amide bonds. The molecule has 2 aliphatic heterocycles. The smallest absolute Gasteiger partial charge is 0.349 e. The molecule has 156 valence electrons. The quantitative estimate of drug-likeness (QED) is 0.709. The van der Waals surface area contributed by atoms with Crippen LogP contribution < -0.4 is 11.2 Å². The van der Waals surface area contributed by atoms with Gasteiger partial charge >= 0.3 is 13.9 Å². The van der Waals surface area contributed by atoms with Crippen molar-refractivity contribution in [1.29, 1.82) is 0 Å². The van der Waals surface area contributed by atoms with Crippen LogP contribution in [0.4, 0.5) is 8.78 Å². The van der Waals surface area contributed by atoms with Crippen LogP contribution in [0.1, 0.15) is 23.8 Å². The van der Waals surface area contributed by atoms with Gasteiger partial charge in [-0.15, -0.1) is 9.05 Å². The topological polar surface area (TPSA) is 112 Å². The van der Waals surface area contributed by atoms with Crippen molar-refractivity contribution in [1.82, 2.24) is 9.55 Å². The molecule has 4 rings (SSSR count). The molecule has 0 radical (unpaired) electrons. The number of aromatic nitrogens is 2. The molecule has 3 heterocycles. The standard InChI is InChI=1S/C17H17F2N2O7P/c1-9-4-11(18)3-2-10(9)7-25-29(24)26-8-14-13(28-29)5-15(27-14)21-6-12(19)16(22)20-17(21)23/h2-4,6,13-15,24H,5,7-8H2,1H3/p+1/t13-,14+,15+,29?/m0/s1. The van der Waals surface area contributed by atoms with Crippen molar-refractivity contribution in [2.24, 2.45) is 0 Å². The van der Waals surface area contributed by atoms with Gasteiger partial charge in [0.1, 0.15) is 37.5 Å². The summed E-state index contributed by atoms with van der Waals surface area (Å²) in [6.45, 7) is 1.59. The van der Waals surface area contributed by atoms with E-state index in [1.807, 2.05) is 4.98 Å². The summed E-state index contributed by atoms with van der Waals surface area (Å²) in [5, 5.41) is 0. The number of nitrogens with zero attached hydrogens (tertiary/aromatic N) is 1. The highest BCUT2D eigenvalue weighted by atomic mass is 31.2. The minimum atomic E-state index is -3.67. The van der Waals surface area contributed by atoms with E-state index in [0.29, 0.717) is 11.1 Å². The summed E-state index contributed by atoms with van der Waals surface area (Å²) in [5.41, 5.74) is -0.639. The lowest BCUT2D eigenvalue weighted by atomic mass is 10.1. The van der Waals surface area contributed by atoms with Crippen LogP contribution >= 0.6 is 8.17 Å². The monoisotopic (exact) mass is 431 g/mol. The molecular formula is C17H18F2N2O7P+. The fraction of sp³-hybridized carbons (Fsp3) is 0.412. The van der Waals surface area contributed by atoms with Crippen molar-refractivity contribution in [3.8, 4) is 0 Å². The molecule has 2 fully saturated rings. The van der Waals surface area contributed by atoms with E-state index in [1.165, 1.54) is 18.2 Å². The first-order chi connectivity index (χ1) is 13.7. The van der Waals surface area contributed by atoms with E-state index in [9.17, 15) is 23.3 Å². The van der Waals surface area contributed by atoms with Crippen LogP contribution in [0.5, 0.6) is 0 Å². The molecule has 12 heteroatoms. The van der Waals surface area contributed by atoms with Crippen LogP contribution in [0.25, 0.3) is 0 Å². The maximum atomic E-state index is 13.5. The first kappa shape index (κ1) is 20.3. The molecule has 9 nitrogen and oxygen atoms in total. The number of aromatic amines is 1. The maximum Gasteiger partial charge on any atom is 0.573 e. The number of aryl methyl sites for hydroxylation is 1. The van der Waals surface area contributed by atoms with E-state index in [0.717, 1.165) is 10.8 Å². The van der Waals surface area contributed by atoms with Crippen molar-refractivity contribution < 1.29 is 32.0 Å². The van der Waals surface area contributed by atoms with Gasteiger partial charge in [-0.25, -0.2) is 9.18 Å². The van der Waals surface area contributed by atoms with Crippen LogP contribution in [0.2, 0.25) is 0 Å². The summed E-state index contributed by atoms with van der Waals surface area (Å²) < 4.78 is 49.6. The van der Waals surface area contributed by atoms with Crippen molar-refractivity contribution in [2.45, 2.75) is 38.4 Å². The Bertz CT molecular complexity index is 1050. The van der Waals surface area contributed by atoms with Crippen LogP contribution in [0.3, 0.4) is 0 Å². The Hall–Kier alpha value is -2.01. The summed E-state index contributed by atoms with van der Waals surface area (Å²) in [6, 6.07) is 4.16. The van der Waals surface area contributed by atoms with E-state index < -0.39 is 43.7 Å². The van der Waals surface area contributed by atoms with E-state index in [-0.39, 0.29) is 25.5 Å². The highest BCUT2D eigenvalue weighted by Crippen LogP contribution is 2.63. The highest BCUT2D eigenvalue weighted by Gasteiger charge is 2.57. The summed E-state index contributed by atoms with van der Waals surface area (Å²) >= 11 is 0. The molecule has 2 N–H and O–H groups in total. The third-order valence-corrected chi connectivity index (χ3v) is 6.24. The summed E-state index contributed by atoms with van der Waals surface area (Å²) in [6.07, 6.45) is -1.31. The summed E-state index contributed by atoms with van der Waals surface area (Å²) in [5.74, 6) is -1.50. The van der Waals surface area contributed by atoms with Gasteiger partial charge in [-0.2, -0.15) is 13.8 Å². The first-order valence-electron chi connectivity index (χ1n) is 8.75. The number of benzene rings is 1. The fourth-order valence-corrected chi connectivity index (χ4v) is 4.61. The van der Waals surface area contributed by atoms with Crippen LogP contribution in [0, 0.1) is 18.6 Å². The van der Waals surface area contributed by atoms with Gasteiger partial charge in [0, 0.05) is 6.42 Å². The summed E-state index contributed by atoms with van der Waals surface area (Å²) in [4.78, 5) is 35.5. The molecule has 1 unspecified atom stereocenters. The Labute approximate surface area is 163 Å². The largest absolute Gasteiger partial charge is 0.573 e. The highest BCUT2D eigenvalue weighted by molar-refractivity contribution is 7.55. The first-order valence-corrected chi connectivity index (χ1v) is 10.2. The van der Waals surface area contributed by atoms with Gasteiger partial charge < -0.3 is 4.74 Å². The van der Waals surface area contributed by atoms with E-state index in [4.69, 9.17) is 18.3 Å². The number of rotatable bonds is 4. The number of halogens is 2. The van der Waals surface area contributed by atoms with Crippen molar-refractivity contribution >= 4 is 8.17 Å². The molecule has 1 aromatic heterocycles. The molecule has 2 aromatic rings. The third-order valence-electron chi connectivity index (χ3n) is 4.77. The lowest BCUT2D eigenvalue weighted by Crippen LogP contribution is -2.35. The Balaban J connectivity index is 1.44. The van der Waals surface area contributed by atoms with E-state index in [1.54, 1.807) is 6.92 Å². The second-order valence-corrected chi connectivity index (χ2v) is 8.43. The Morgan fingerprint density at radius 1 is 1.34 bits per heavy atom. The van der Waals surface area contributed by atoms with E-state index in [2.05, 4.69) is 0 Å². The fourth-order valence-electron chi connectivity index (χ4n) is 3.22. The maximum absolute atomic E-state index is 13.5. The SMILES string of the molecule is Cc1cc(F)ccc1CO[P+]1(O)OC[C@H]2O[C@@H](n3cc(F)c(=O)[nH]c3=O)C[C@@H]2O1. The lowest BCUT2D eigenvalue weighted by Gasteiger charge is -2.26. The number of ether oxygens (including phenoxy) is 1. The minimum Gasteiger partial charge on any atom is -0.349 e. The average molecular weight is 431 g/mol. The Morgan fingerprint density at radius 3 is 2.90 bits per heavy atom.